The van der Waals surface area contributed by atoms with E-state index in [9.17, 15) is 0 Å². The van der Waals surface area contributed by atoms with E-state index < -0.39 is 0 Å². The summed E-state index contributed by atoms with van der Waals surface area (Å²) in [4.78, 5) is 9.77. The summed E-state index contributed by atoms with van der Waals surface area (Å²) in [7, 11) is 0. The standard InChI is InChI=1S/C29H38N2OS/c1-8-25(28-31-26-11-9-10-12-27(26)33-28)22(4)30-21(3)23-13-15-24(16-14-23)32-18-17-20(2)19-29(5,6)7/h9-16,20H,8,17-19H2,1-7H3/b25-22-,30-21?. The van der Waals surface area contributed by atoms with Gasteiger partial charge in [0.15, 0.2) is 0 Å². The summed E-state index contributed by atoms with van der Waals surface area (Å²) < 4.78 is 7.21. The van der Waals surface area contributed by atoms with Crippen molar-refractivity contribution in [1.82, 2.24) is 4.98 Å². The molecule has 1 aromatic heterocycles. The lowest BCUT2D eigenvalue weighted by atomic mass is 9.84. The van der Waals surface area contributed by atoms with Crippen LogP contribution in [0.4, 0.5) is 0 Å². The van der Waals surface area contributed by atoms with Crippen molar-refractivity contribution in [2.24, 2.45) is 16.3 Å². The molecule has 3 rings (SSSR count). The van der Waals surface area contributed by atoms with E-state index >= 15 is 0 Å². The Balaban J connectivity index is 1.66. The summed E-state index contributed by atoms with van der Waals surface area (Å²) in [6.45, 7) is 16.3. The predicted molar refractivity (Wildman–Crippen MR) is 145 cm³/mol. The van der Waals surface area contributed by atoms with E-state index in [2.05, 4.69) is 90.9 Å². The Morgan fingerprint density at radius 3 is 2.39 bits per heavy atom. The number of fused-ring (bicyclic) bond motifs is 1. The van der Waals surface area contributed by atoms with Crippen LogP contribution in [0.3, 0.4) is 0 Å². The number of thiazole rings is 1. The van der Waals surface area contributed by atoms with Gasteiger partial charge >= 0.3 is 0 Å². The molecule has 1 heterocycles. The van der Waals surface area contributed by atoms with Crippen LogP contribution >= 0.6 is 11.3 Å². The molecule has 1 unspecified atom stereocenters. The molecule has 0 saturated heterocycles. The van der Waals surface area contributed by atoms with Crippen LogP contribution < -0.4 is 4.74 Å². The van der Waals surface area contributed by atoms with Gasteiger partial charge in [-0.15, -0.1) is 11.3 Å². The van der Waals surface area contributed by atoms with Crippen molar-refractivity contribution in [3.63, 3.8) is 0 Å². The molecule has 33 heavy (non-hydrogen) atoms. The van der Waals surface area contributed by atoms with E-state index in [0.717, 1.165) is 52.7 Å². The summed E-state index contributed by atoms with van der Waals surface area (Å²) in [5.41, 5.74) is 5.78. The highest BCUT2D eigenvalue weighted by atomic mass is 32.1. The van der Waals surface area contributed by atoms with E-state index in [1.807, 2.05) is 6.07 Å². The summed E-state index contributed by atoms with van der Waals surface area (Å²) in [5, 5.41) is 1.07. The molecule has 0 fully saturated rings. The van der Waals surface area contributed by atoms with Gasteiger partial charge in [0.25, 0.3) is 0 Å². The van der Waals surface area contributed by atoms with Gasteiger partial charge in [-0.2, -0.15) is 0 Å². The van der Waals surface area contributed by atoms with Gasteiger partial charge in [0.05, 0.1) is 16.8 Å². The van der Waals surface area contributed by atoms with Crippen LogP contribution in [0.5, 0.6) is 5.75 Å². The Morgan fingerprint density at radius 2 is 1.76 bits per heavy atom. The zero-order chi connectivity index (χ0) is 24.0. The van der Waals surface area contributed by atoms with Crippen molar-refractivity contribution in [2.45, 2.75) is 67.7 Å². The Labute approximate surface area is 203 Å². The van der Waals surface area contributed by atoms with E-state index in [1.54, 1.807) is 11.3 Å². The van der Waals surface area contributed by atoms with Crippen LogP contribution in [0.2, 0.25) is 0 Å². The Kier molecular flexibility index (Phi) is 8.47. The minimum absolute atomic E-state index is 0.370. The number of rotatable bonds is 9. The van der Waals surface area contributed by atoms with Crippen molar-refractivity contribution in [3.8, 4) is 5.75 Å². The van der Waals surface area contributed by atoms with Crippen molar-refractivity contribution in [3.05, 3.63) is 64.8 Å². The smallest absolute Gasteiger partial charge is 0.122 e. The highest BCUT2D eigenvalue weighted by Gasteiger charge is 2.15. The number of hydrogen-bond acceptors (Lipinski definition) is 4. The lowest BCUT2D eigenvalue weighted by molar-refractivity contribution is 0.240. The average Bonchev–Trinajstić information content (AvgIpc) is 3.17. The minimum atomic E-state index is 0.370. The normalized spacial score (nSPS) is 14.3. The van der Waals surface area contributed by atoms with Crippen LogP contribution in [0.15, 0.2) is 59.2 Å². The fraction of sp³-hybridized carbons (Fsp3) is 0.448. The van der Waals surface area contributed by atoms with E-state index in [1.165, 1.54) is 16.7 Å². The van der Waals surface area contributed by atoms with Gasteiger partial charge in [-0.1, -0.05) is 46.8 Å². The largest absolute Gasteiger partial charge is 0.494 e. The number of para-hydroxylation sites is 1. The molecule has 3 aromatic rings. The maximum absolute atomic E-state index is 5.99. The molecule has 0 aliphatic carbocycles. The fourth-order valence-electron chi connectivity index (χ4n) is 4.26. The van der Waals surface area contributed by atoms with Crippen molar-refractivity contribution >= 4 is 32.8 Å². The third kappa shape index (κ3) is 7.26. The number of ether oxygens (including phenoxy) is 1. The van der Waals surface area contributed by atoms with Crippen LogP contribution in [0, 0.1) is 11.3 Å². The van der Waals surface area contributed by atoms with Crippen molar-refractivity contribution in [1.29, 1.82) is 0 Å². The van der Waals surface area contributed by atoms with Crippen LogP contribution in [0.1, 0.15) is 78.3 Å². The molecule has 0 bridgehead atoms. The number of nitrogens with zero attached hydrogens (tertiary/aromatic N) is 2. The first kappa shape index (κ1) is 25.2. The molecular formula is C29H38N2OS. The molecule has 3 nitrogen and oxygen atoms in total. The van der Waals surface area contributed by atoms with Gasteiger partial charge in [-0.05, 0) is 86.4 Å². The van der Waals surface area contributed by atoms with Gasteiger partial charge in [0, 0.05) is 17.0 Å². The molecule has 176 valence electrons. The molecule has 2 aromatic carbocycles. The maximum Gasteiger partial charge on any atom is 0.122 e. The molecule has 0 spiro atoms. The van der Waals surface area contributed by atoms with Gasteiger partial charge < -0.3 is 4.74 Å². The minimum Gasteiger partial charge on any atom is -0.494 e. The van der Waals surface area contributed by atoms with Crippen molar-refractivity contribution < 1.29 is 4.74 Å². The number of hydrogen-bond donors (Lipinski definition) is 0. The SMILES string of the molecule is CC/C(=C(\C)N=C(C)c1ccc(OCCC(C)CC(C)(C)C)cc1)c1nc2ccccc2s1. The summed E-state index contributed by atoms with van der Waals surface area (Å²) in [5.74, 6) is 1.59. The molecule has 0 N–H and O–H groups in total. The third-order valence-electron chi connectivity index (χ3n) is 5.79. The Bertz CT molecular complexity index is 1080. The van der Waals surface area contributed by atoms with Gasteiger partial charge in [-0.25, -0.2) is 4.98 Å². The average molecular weight is 463 g/mol. The molecule has 0 aliphatic heterocycles. The predicted octanol–water partition coefficient (Wildman–Crippen LogP) is 8.79. The Morgan fingerprint density at radius 1 is 1.06 bits per heavy atom. The lowest BCUT2D eigenvalue weighted by Crippen LogP contribution is -2.13. The first-order chi connectivity index (χ1) is 15.7. The second-order valence-corrected chi connectivity index (χ2v) is 11.2. The zero-order valence-corrected chi connectivity index (χ0v) is 22.1. The molecule has 0 saturated carbocycles. The lowest BCUT2D eigenvalue weighted by Gasteiger charge is -2.23. The van der Waals surface area contributed by atoms with Crippen LogP contribution in [-0.2, 0) is 0 Å². The summed E-state index contributed by atoms with van der Waals surface area (Å²) >= 11 is 1.74. The zero-order valence-electron chi connectivity index (χ0n) is 21.2. The number of benzene rings is 2. The van der Waals surface area contributed by atoms with Gasteiger partial charge in [-0.3, -0.25) is 4.99 Å². The molecule has 0 amide bonds. The fourth-order valence-corrected chi connectivity index (χ4v) is 5.40. The monoisotopic (exact) mass is 462 g/mol. The highest BCUT2D eigenvalue weighted by Crippen LogP contribution is 2.31. The molecule has 0 aliphatic rings. The summed E-state index contributed by atoms with van der Waals surface area (Å²) in [6.07, 6.45) is 3.20. The first-order valence-corrected chi connectivity index (χ1v) is 12.8. The maximum atomic E-state index is 5.99. The topological polar surface area (TPSA) is 34.5 Å². The molecule has 4 heteroatoms. The van der Waals surface area contributed by atoms with E-state index in [4.69, 9.17) is 14.7 Å². The Hall–Kier alpha value is -2.46. The number of aromatic nitrogens is 1. The third-order valence-corrected chi connectivity index (χ3v) is 6.89. The second-order valence-electron chi connectivity index (χ2n) is 10.1. The van der Waals surface area contributed by atoms with Crippen molar-refractivity contribution in [2.75, 3.05) is 6.61 Å². The van der Waals surface area contributed by atoms with E-state index in [0.29, 0.717) is 11.3 Å². The first-order valence-electron chi connectivity index (χ1n) is 12.0. The molecular weight excluding hydrogens is 424 g/mol. The van der Waals surface area contributed by atoms with E-state index in [-0.39, 0.29) is 0 Å². The van der Waals surface area contributed by atoms with Gasteiger partial charge in [0.1, 0.15) is 10.8 Å². The van der Waals surface area contributed by atoms with Crippen LogP contribution in [-0.4, -0.2) is 17.3 Å². The highest BCUT2D eigenvalue weighted by molar-refractivity contribution is 7.19. The van der Waals surface area contributed by atoms with Gasteiger partial charge in [0.2, 0.25) is 0 Å². The number of aliphatic imine (C=N–C) groups is 1. The quantitative estimate of drug-likeness (QED) is 0.298. The van der Waals surface area contributed by atoms with Crippen LogP contribution in [0.25, 0.3) is 15.8 Å². The molecule has 0 radical (unpaired) electrons. The summed E-state index contributed by atoms with van der Waals surface area (Å²) in [6, 6.07) is 16.6. The molecule has 1 atom stereocenters. The second kappa shape index (κ2) is 11.1. The number of allylic oxidation sites excluding steroid dienone is 2.